The van der Waals surface area contributed by atoms with Gasteiger partial charge in [0.25, 0.3) is 5.91 Å². The molecule has 3 heteroatoms. The number of amides is 1. The molecule has 0 aromatic heterocycles. The zero-order chi connectivity index (χ0) is 9.14. The number of carbonyl (C=O) groups excluding carboxylic acids is 1. The average molecular weight is 166 g/mol. The predicted octanol–water partition coefficient (Wildman–Crippen LogP) is -0.185. The fraction of sp³-hybridized carbons (Fsp3) is 0.667. The summed E-state index contributed by atoms with van der Waals surface area (Å²) in [4.78, 5) is 12.7. The van der Waals surface area contributed by atoms with Crippen LogP contribution in [0.2, 0.25) is 0 Å². The maximum Gasteiger partial charge on any atom is 0.298 e. The van der Waals surface area contributed by atoms with Crippen molar-refractivity contribution in [3.05, 3.63) is 0 Å². The third-order valence-electron chi connectivity index (χ3n) is 2.35. The van der Waals surface area contributed by atoms with E-state index in [4.69, 9.17) is 12.2 Å². The standard InChI is InChI=1S/C9H14N2O/c1-3-9(12)11(2)8(6-10)7-4-5-7/h1,7-8H,4-6,10H2,2H3. The van der Waals surface area contributed by atoms with E-state index in [1.165, 1.54) is 12.8 Å². The highest BCUT2D eigenvalue weighted by Crippen LogP contribution is 2.34. The van der Waals surface area contributed by atoms with Gasteiger partial charge in [-0.1, -0.05) is 0 Å². The molecule has 0 bridgehead atoms. The van der Waals surface area contributed by atoms with Crippen molar-refractivity contribution in [3.63, 3.8) is 0 Å². The lowest BCUT2D eigenvalue weighted by Crippen LogP contribution is -2.42. The topological polar surface area (TPSA) is 46.3 Å². The second kappa shape index (κ2) is 3.59. The van der Waals surface area contributed by atoms with Crippen molar-refractivity contribution in [3.8, 4) is 12.3 Å². The Kier molecular flexibility index (Phi) is 2.72. The van der Waals surface area contributed by atoms with E-state index in [1.807, 2.05) is 0 Å². The van der Waals surface area contributed by atoms with Gasteiger partial charge in [0, 0.05) is 19.6 Å². The molecule has 1 aliphatic rings. The van der Waals surface area contributed by atoms with Crippen LogP contribution >= 0.6 is 0 Å². The Morgan fingerprint density at radius 2 is 2.42 bits per heavy atom. The Labute approximate surface area is 72.9 Å². The van der Waals surface area contributed by atoms with E-state index in [0.717, 1.165) is 0 Å². The van der Waals surface area contributed by atoms with Crippen LogP contribution in [0, 0.1) is 18.3 Å². The lowest BCUT2D eigenvalue weighted by atomic mass is 10.1. The van der Waals surface area contributed by atoms with Crippen LogP contribution in [0.3, 0.4) is 0 Å². The molecule has 12 heavy (non-hydrogen) atoms. The third-order valence-corrected chi connectivity index (χ3v) is 2.35. The normalized spacial score (nSPS) is 18.1. The lowest BCUT2D eigenvalue weighted by Gasteiger charge is -2.24. The second-order valence-corrected chi connectivity index (χ2v) is 3.20. The first-order chi connectivity index (χ1) is 5.70. The Bertz CT molecular complexity index is 215. The van der Waals surface area contributed by atoms with Crippen LogP contribution in [0.1, 0.15) is 12.8 Å². The Hall–Kier alpha value is -1.01. The van der Waals surface area contributed by atoms with Crippen LogP contribution in [0.4, 0.5) is 0 Å². The molecule has 1 aliphatic carbocycles. The van der Waals surface area contributed by atoms with Gasteiger partial charge in [0.2, 0.25) is 0 Å². The molecular weight excluding hydrogens is 152 g/mol. The van der Waals surface area contributed by atoms with Crippen molar-refractivity contribution in [1.82, 2.24) is 4.90 Å². The van der Waals surface area contributed by atoms with Gasteiger partial charge in [-0.05, 0) is 24.7 Å². The molecule has 0 aromatic rings. The molecular formula is C9H14N2O. The highest BCUT2D eigenvalue weighted by Gasteiger charge is 2.34. The molecule has 66 valence electrons. The molecule has 0 spiro atoms. The summed E-state index contributed by atoms with van der Waals surface area (Å²) in [5, 5.41) is 0. The van der Waals surface area contributed by atoms with Crippen molar-refractivity contribution >= 4 is 5.91 Å². The van der Waals surface area contributed by atoms with E-state index in [1.54, 1.807) is 11.9 Å². The van der Waals surface area contributed by atoms with Crippen LogP contribution < -0.4 is 5.73 Å². The van der Waals surface area contributed by atoms with Gasteiger partial charge >= 0.3 is 0 Å². The Morgan fingerprint density at radius 1 is 1.83 bits per heavy atom. The first-order valence-electron chi connectivity index (χ1n) is 4.14. The van der Waals surface area contributed by atoms with Crippen LogP contribution in [-0.2, 0) is 4.79 Å². The summed E-state index contributed by atoms with van der Waals surface area (Å²) in [5.41, 5.74) is 5.54. The molecule has 0 saturated heterocycles. The molecule has 1 rings (SSSR count). The lowest BCUT2D eigenvalue weighted by molar-refractivity contribution is -0.126. The fourth-order valence-corrected chi connectivity index (χ4v) is 1.40. The zero-order valence-corrected chi connectivity index (χ0v) is 7.29. The highest BCUT2D eigenvalue weighted by atomic mass is 16.2. The first-order valence-corrected chi connectivity index (χ1v) is 4.14. The SMILES string of the molecule is C#CC(=O)N(C)C(CN)C1CC1. The molecule has 1 amide bonds. The van der Waals surface area contributed by atoms with Crippen LogP contribution in [0.25, 0.3) is 0 Å². The largest absolute Gasteiger partial charge is 0.330 e. The minimum atomic E-state index is -0.266. The summed E-state index contributed by atoms with van der Waals surface area (Å²) >= 11 is 0. The van der Waals surface area contributed by atoms with E-state index in [0.29, 0.717) is 12.5 Å². The molecule has 0 radical (unpaired) electrons. The second-order valence-electron chi connectivity index (χ2n) is 3.20. The summed E-state index contributed by atoms with van der Waals surface area (Å²) in [7, 11) is 1.72. The highest BCUT2D eigenvalue weighted by molar-refractivity contribution is 5.92. The van der Waals surface area contributed by atoms with E-state index in [9.17, 15) is 4.79 Å². The summed E-state index contributed by atoms with van der Waals surface area (Å²) in [6.07, 6.45) is 7.35. The zero-order valence-electron chi connectivity index (χ0n) is 7.29. The van der Waals surface area contributed by atoms with Crippen molar-refractivity contribution in [1.29, 1.82) is 0 Å². The summed E-state index contributed by atoms with van der Waals surface area (Å²) < 4.78 is 0. The number of nitrogens with two attached hydrogens (primary N) is 1. The quantitative estimate of drug-likeness (QED) is 0.591. The molecule has 2 N–H and O–H groups in total. The van der Waals surface area contributed by atoms with Gasteiger partial charge in [-0.3, -0.25) is 4.79 Å². The predicted molar refractivity (Wildman–Crippen MR) is 47.2 cm³/mol. The van der Waals surface area contributed by atoms with Gasteiger partial charge < -0.3 is 10.6 Å². The smallest absolute Gasteiger partial charge is 0.298 e. The average Bonchev–Trinajstić information content (AvgIpc) is 2.88. The van der Waals surface area contributed by atoms with Gasteiger partial charge in [0.1, 0.15) is 0 Å². The van der Waals surface area contributed by atoms with Crippen molar-refractivity contribution in [2.45, 2.75) is 18.9 Å². The summed E-state index contributed by atoms with van der Waals surface area (Å²) in [5.74, 6) is 2.41. The number of terminal acetylenes is 1. The van der Waals surface area contributed by atoms with Gasteiger partial charge in [-0.25, -0.2) is 0 Å². The summed E-state index contributed by atoms with van der Waals surface area (Å²) in [6, 6.07) is 0.147. The van der Waals surface area contributed by atoms with Crippen molar-refractivity contribution in [2.24, 2.45) is 11.7 Å². The van der Waals surface area contributed by atoms with Gasteiger partial charge in [-0.15, -0.1) is 6.42 Å². The molecule has 0 aromatic carbocycles. The number of likely N-dealkylation sites (N-methyl/N-ethyl adjacent to an activating group) is 1. The number of hydrogen-bond acceptors (Lipinski definition) is 2. The van der Waals surface area contributed by atoms with Gasteiger partial charge in [0.15, 0.2) is 0 Å². The van der Waals surface area contributed by atoms with Gasteiger partial charge in [-0.2, -0.15) is 0 Å². The molecule has 1 unspecified atom stereocenters. The van der Waals surface area contributed by atoms with Crippen molar-refractivity contribution in [2.75, 3.05) is 13.6 Å². The maximum atomic E-state index is 11.1. The van der Waals surface area contributed by atoms with Gasteiger partial charge in [0.05, 0.1) is 0 Å². The Balaban J connectivity index is 2.53. The van der Waals surface area contributed by atoms with Crippen LogP contribution in [0.5, 0.6) is 0 Å². The first kappa shape index (κ1) is 9.08. The minimum Gasteiger partial charge on any atom is -0.330 e. The molecule has 1 saturated carbocycles. The van der Waals surface area contributed by atoms with E-state index in [-0.39, 0.29) is 11.9 Å². The number of carbonyl (C=O) groups is 1. The number of nitrogens with zero attached hydrogens (tertiary/aromatic N) is 1. The summed E-state index contributed by atoms with van der Waals surface area (Å²) in [6.45, 7) is 0.509. The minimum absolute atomic E-state index is 0.147. The molecule has 3 nitrogen and oxygen atoms in total. The van der Waals surface area contributed by atoms with Crippen molar-refractivity contribution < 1.29 is 4.79 Å². The van der Waals surface area contributed by atoms with Crippen LogP contribution in [0.15, 0.2) is 0 Å². The van der Waals surface area contributed by atoms with Crippen LogP contribution in [-0.4, -0.2) is 30.4 Å². The number of hydrogen-bond donors (Lipinski definition) is 1. The fourth-order valence-electron chi connectivity index (χ4n) is 1.40. The molecule has 1 atom stereocenters. The number of rotatable bonds is 3. The monoisotopic (exact) mass is 166 g/mol. The van der Waals surface area contributed by atoms with E-state index in [2.05, 4.69) is 5.92 Å². The Morgan fingerprint density at radius 3 is 2.75 bits per heavy atom. The van der Waals surface area contributed by atoms with E-state index < -0.39 is 0 Å². The van der Waals surface area contributed by atoms with E-state index >= 15 is 0 Å². The molecule has 1 fully saturated rings. The third kappa shape index (κ3) is 1.77. The molecule has 0 heterocycles. The maximum absolute atomic E-state index is 11.1. The molecule has 0 aliphatic heterocycles.